The number of rotatable bonds is 3. The Bertz CT molecular complexity index is 501. The maximum Gasteiger partial charge on any atom is 0.163 e. The van der Waals surface area contributed by atoms with Crippen molar-refractivity contribution in [3.63, 3.8) is 0 Å². The summed E-state index contributed by atoms with van der Waals surface area (Å²) in [7, 11) is 0. The first kappa shape index (κ1) is 11.1. The van der Waals surface area contributed by atoms with Crippen LogP contribution in [0.2, 0.25) is 0 Å². The number of hydrogen-bond donors (Lipinski definition) is 0. The minimum atomic E-state index is 0.124. The zero-order valence-corrected chi connectivity index (χ0v) is 10.5. The van der Waals surface area contributed by atoms with Crippen molar-refractivity contribution >= 4 is 21.7 Å². The molecule has 0 aliphatic carbocycles. The largest absolute Gasteiger partial charge is 0.464 e. The van der Waals surface area contributed by atoms with Crippen molar-refractivity contribution in [2.75, 3.05) is 0 Å². The molecule has 1 aromatic carbocycles. The monoisotopic (exact) mass is 278 g/mol. The van der Waals surface area contributed by atoms with Gasteiger partial charge in [0, 0.05) is 22.0 Å². The van der Waals surface area contributed by atoms with E-state index in [0.717, 1.165) is 15.8 Å². The number of hydrogen-bond acceptors (Lipinski definition) is 2. The van der Waals surface area contributed by atoms with Gasteiger partial charge in [0.15, 0.2) is 5.78 Å². The highest BCUT2D eigenvalue weighted by molar-refractivity contribution is 9.10. The van der Waals surface area contributed by atoms with E-state index in [1.807, 2.05) is 37.3 Å². The van der Waals surface area contributed by atoms with Crippen LogP contribution in [0.1, 0.15) is 23.7 Å². The normalized spacial score (nSPS) is 10.4. The summed E-state index contributed by atoms with van der Waals surface area (Å²) in [6.07, 6.45) is 2.10. The fraction of sp³-hybridized carbons (Fsp3) is 0.154. The van der Waals surface area contributed by atoms with Crippen molar-refractivity contribution in [3.8, 4) is 11.3 Å². The fourth-order valence-electron chi connectivity index (χ4n) is 1.59. The molecule has 0 aliphatic heterocycles. The molecule has 3 heteroatoms. The highest BCUT2D eigenvalue weighted by atomic mass is 79.9. The third-order valence-electron chi connectivity index (χ3n) is 2.39. The van der Waals surface area contributed by atoms with E-state index in [-0.39, 0.29) is 5.78 Å². The van der Waals surface area contributed by atoms with Crippen molar-refractivity contribution in [2.45, 2.75) is 13.3 Å². The molecule has 16 heavy (non-hydrogen) atoms. The van der Waals surface area contributed by atoms with Gasteiger partial charge in [-0.3, -0.25) is 4.79 Å². The van der Waals surface area contributed by atoms with Gasteiger partial charge in [-0.25, -0.2) is 0 Å². The molecule has 2 nitrogen and oxygen atoms in total. The van der Waals surface area contributed by atoms with Crippen molar-refractivity contribution in [2.24, 2.45) is 0 Å². The van der Waals surface area contributed by atoms with Gasteiger partial charge < -0.3 is 4.42 Å². The summed E-state index contributed by atoms with van der Waals surface area (Å²) in [6.45, 7) is 1.86. The van der Waals surface area contributed by atoms with Gasteiger partial charge >= 0.3 is 0 Å². The molecule has 0 aliphatic rings. The van der Waals surface area contributed by atoms with E-state index >= 15 is 0 Å². The van der Waals surface area contributed by atoms with Crippen LogP contribution in [0.5, 0.6) is 0 Å². The molecule has 0 atom stereocenters. The standard InChI is InChI=1S/C13H11BrO2/c1-2-12(15)10-6-5-9(14)8-11(10)13-4-3-7-16-13/h3-8H,2H2,1H3. The molecule has 0 bridgehead atoms. The molecule has 0 N–H and O–H groups in total. The molecule has 0 saturated heterocycles. The Hall–Kier alpha value is -1.35. The van der Waals surface area contributed by atoms with Crippen LogP contribution in [0.3, 0.4) is 0 Å². The lowest BCUT2D eigenvalue weighted by Gasteiger charge is -2.05. The highest BCUT2D eigenvalue weighted by Gasteiger charge is 2.13. The lowest BCUT2D eigenvalue weighted by Crippen LogP contribution is -1.99. The Morgan fingerprint density at radius 3 is 2.81 bits per heavy atom. The van der Waals surface area contributed by atoms with Crippen molar-refractivity contribution < 1.29 is 9.21 Å². The van der Waals surface area contributed by atoms with E-state index in [0.29, 0.717) is 12.0 Å². The molecular weight excluding hydrogens is 268 g/mol. The van der Waals surface area contributed by atoms with Gasteiger partial charge in [-0.15, -0.1) is 0 Å². The zero-order valence-electron chi connectivity index (χ0n) is 8.87. The van der Waals surface area contributed by atoms with Gasteiger partial charge in [-0.05, 0) is 30.3 Å². The predicted octanol–water partition coefficient (Wildman–Crippen LogP) is 4.30. The van der Waals surface area contributed by atoms with Gasteiger partial charge in [0.25, 0.3) is 0 Å². The van der Waals surface area contributed by atoms with Gasteiger partial charge in [0.05, 0.1) is 6.26 Å². The Morgan fingerprint density at radius 2 is 2.19 bits per heavy atom. The summed E-state index contributed by atoms with van der Waals surface area (Å²) >= 11 is 3.40. The van der Waals surface area contributed by atoms with Gasteiger partial charge in [-0.2, -0.15) is 0 Å². The topological polar surface area (TPSA) is 30.2 Å². The molecule has 2 aromatic rings. The van der Waals surface area contributed by atoms with Crippen LogP contribution in [0, 0.1) is 0 Å². The smallest absolute Gasteiger partial charge is 0.163 e. The van der Waals surface area contributed by atoms with Crippen LogP contribution in [0.15, 0.2) is 45.5 Å². The number of ketones is 1. The third kappa shape index (κ3) is 2.09. The lowest BCUT2D eigenvalue weighted by molar-refractivity contribution is 0.0988. The molecular formula is C13H11BrO2. The van der Waals surface area contributed by atoms with Crippen LogP contribution in [0.25, 0.3) is 11.3 Å². The van der Waals surface area contributed by atoms with Crippen molar-refractivity contribution in [3.05, 3.63) is 46.6 Å². The number of carbonyl (C=O) groups is 1. The number of Topliss-reactive ketones (excluding diaryl/α,β-unsaturated/α-hetero) is 1. The van der Waals surface area contributed by atoms with E-state index in [9.17, 15) is 4.79 Å². The second-order valence-electron chi connectivity index (χ2n) is 3.44. The van der Waals surface area contributed by atoms with E-state index in [2.05, 4.69) is 15.9 Å². The summed E-state index contributed by atoms with van der Waals surface area (Å²) in [4.78, 5) is 11.8. The quantitative estimate of drug-likeness (QED) is 0.784. The van der Waals surface area contributed by atoms with Crippen LogP contribution in [-0.4, -0.2) is 5.78 Å². The molecule has 0 radical (unpaired) electrons. The van der Waals surface area contributed by atoms with Gasteiger partial charge in [0.2, 0.25) is 0 Å². The Balaban J connectivity index is 2.57. The Kier molecular flexibility index (Phi) is 3.25. The molecule has 0 amide bonds. The number of furan rings is 1. The van der Waals surface area contributed by atoms with Gasteiger partial charge in [-0.1, -0.05) is 22.9 Å². The highest BCUT2D eigenvalue weighted by Crippen LogP contribution is 2.28. The third-order valence-corrected chi connectivity index (χ3v) is 2.88. The second-order valence-corrected chi connectivity index (χ2v) is 4.36. The average Bonchev–Trinajstić information content (AvgIpc) is 2.81. The second kappa shape index (κ2) is 4.66. The summed E-state index contributed by atoms with van der Waals surface area (Å²) in [5, 5.41) is 0. The molecule has 1 heterocycles. The molecule has 82 valence electrons. The minimum Gasteiger partial charge on any atom is -0.464 e. The van der Waals surface area contributed by atoms with Crippen molar-refractivity contribution in [1.82, 2.24) is 0 Å². The summed E-state index contributed by atoms with van der Waals surface area (Å²) in [6, 6.07) is 9.27. The minimum absolute atomic E-state index is 0.124. The van der Waals surface area contributed by atoms with Crippen LogP contribution in [-0.2, 0) is 0 Å². The number of halogens is 1. The van der Waals surface area contributed by atoms with E-state index in [1.54, 1.807) is 6.26 Å². The molecule has 0 fully saturated rings. The van der Waals surface area contributed by atoms with Crippen LogP contribution in [0.4, 0.5) is 0 Å². The maximum absolute atomic E-state index is 11.8. The first-order chi connectivity index (χ1) is 7.72. The summed E-state index contributed by atoms with van der Waals surface area (Å²) < 4.78 is 6.27. The van der Waals surface area contributed by atoms with Crippen LogP contribution < -0.4 is 0 Å². The Labute approximate surface area is 102 Å². The molecule has 0 unspecified atom stereocenters. The first-order valence-electron chi connectivity index (χ1n) is 5.09. The molecule has 0 saturated carbocycles. The van der Waals surface area contributed by atoms with Gasteiger partial charge in [0.1, 0.15) is 5.76 Å². The molecule has 2 rings (SSSR count). The van der Waals surface area contributed by atoms with E-state index in [4.69, 9.17) is 4.42 Å². The SMILES string of the molecule is CCC(=O)c1ccc(Br)cc1-c1ccco1. The van der Waals surface area contributed by atoms with Crippen LogP contribution >= 0.6 is 15.9 Å². The fourth-order valence-corrected chi connectivity index (χ4v) is 1.95. The summed E-state index contributed by atoms with van der Waals surface area (Å²) in [5.74, 6) is 0.844. The summed E-state index contributed by atoms with van der Waals surface area (Å²) in [5.41, 5.74) is 1.55. The van der Waals surface area contributed by atoms with Crippen molar-refractivity contribution in [1.29, 1.82) is 0 Å². The van der Waals surface area contributed by atoms with E-state index < -0.39 is 0 Å². The van der Waals surface area contributed by atoms with E-state index in [1.165, 1.54) is 0 Å². The predicted molar refractivity (Wildman–Crippen MR) is 66.5 cm³/mol. The Morgan fingerprint density at radius 1 is 1.38 bits per heavy atom. The number of benzene rings is 1. The average molecular weight is 279 g/mol. The lowest BCUT2D eigenvalue weighted by atomic mass is 10.0. The molecule has 0 spiro atoms. The number of carbonyl (C=O) groups excluding carboxylic acids is 1. The molecule has 1 aromatic heterocycles. The first-order valence-corrected chi connectivity index (χ1v) is 5.88. The maximum atomic E-state index is 11.8. The zero-order chi connectivity index (χ0) is 11.5.